The number of nitrogens with zero attached hydrogens (tertiary/aromatic N) is 2. The van der Waals surface area contributed by atoms with Crippen LogP contribution in [-0.2, 0) is 6.54 Å². The minimum absolute atomic E-state index is 0.0548. The number of alkyl halides is 3. The highest BCUT2D eigenvalue weighted by molar-refractivity contribution is 7.71. The fourth-order valence-corrected chi connectivity index (χ4v) is 2.36. The minimum Gasteiger partial charge on any atom is -0.295 e. The minimum atomic E-state index is -4.25. The van der Waals surface area contributed by atoms with Crippen molar-refractivity contribution in [1.82, 2.24) is 14.8 Å². The summed E-state index contributed by atoms with van der Waals surface area (Å²) in [6.45, 7) is -1.05. The van der Waals surface area contributed by atoms with Crippen LogP contribution in [0.15, 0.2) is 0 Å². The maximum atomic E-state index is 12.4. The molecule has 1 aromatic rings. The van der Waals surface area contributed by atoms with E-state index >= 15 is 0 Å². The summed E-state index contributed by atoms with van der Waals surface area (Å²) >= 11 is 4.82. The molecule has 1 N–H and O–H groups in total. The first-order valence-electron chi connectivity index (χ1n) is 5.19. The fourth-order valence-electron chi connectivity index (χ4n) is 2.16. The number of nitrogens with one attached hydrogen (secondary N) is 1. The molecule has 16 heavy (non-hydrogen) atoms. The second kappa shape index (κ2) is 4.20. The normalized spacial score (nSPS) is 18.2. The Bertz CT molecular complexity index is 414. The van der Waals surface area contributed by atoms with Gasteiger partial charge in [0, 0.05) is 5.92 Å². The van der Waals surface area contributed by atoms with Gasteiger partial charge in [-0.2, -0.15) is 18.3 Å². The van der Waals surface area contributed by atoms with Gasteiger partial charge in [0.15, 0.2) is 4.77 Å². The topological polar surface area (TPSA) is 33.6 Å². The number of aromatic amines is 1. The molecule has 0 unspecified atom stereocenters. The van der Waals surface area contributed by atoms with Crippen molar-refractivity contribution in [3.63, 3.8) is 0 Å². The van der Waals surface area contributed by atoms with Gasteiger partial charge in [0.05, 0.1) is 0 Å². The maximum Gasteiger partial charge on any atom is 0.406 e. The van der Waals surface area contributed by atoms with Gasteiger partial charge in [-0.05, 0) is 25.1 Å². The molecule has 0 aromatic carbocycles. The molecule has 0 aliphatic heterocycles. The molecule has 0 atom stereocenters. The predicted molar refractivity (Wildman–Crippen MR) is 54.7 cm³/mol. The van der Waals surface area contributed by atoms with Crippen LogP contribution in [0, 0.1) is 4.77 Å². The molecule has 1 aliphatic carbocycles. The molecule has 90 valence electrons. The van der Waals surface area contributed by atoms with Crippen LogP contribution >= 0.6 is 12.2 Å². The van der Waals surface area contributed by atoms with Gasteiger partial charge in [-0.1, -0.05) is 12.8 Å². The highest BCUT2D eigenvalue weighted by Crippen LogP contribution is 2.33. The summed E-state index contributed by atoms with van der Waals surface area (Å²) in [5.41, 5.74) is 0. The van der Waals surface area contributed by atoms with E-state index in [-0.39, 0.29) is 10.7 Å². The summed E-state index contributed by atoms with van der Waals surface area (Å²) in [5, 5.41) is 6.38. The lowest BCUT2D eigenvalue weighted by molar-refractivity contribution is -0.141. The standard InChI is InChI=1S/C9H12F3N3S/c10-9(11,12)5-15-7(13-14-8(15)16)6-3-1-2-4-6/h6H,1-5H2,(H,14,16). The molecule has 1 aromatic heterocycles. The molecule has 0 bridgehead atoms. The van der Waals surface area contributed by atoms with Crippen LogP contribution in [0.2, 0.25) is 0 Å². The Morgan fingerprint density at radius 3 is 2.56 bits per heavy atom. The Morgan fingerprint density at radius 1 is 1.38 bits per heavy atom. The lowest BCUT2D eigenvalue weighted by Gasteiger charge is -2.13. The van der Waals surface area contributed by atoms with E-state index in [9.17, 15) is 13.2 Å². The smallest absolute Gasteiger partial charge is 0.295 e. The Morgan fingerprint density at radius 2 is 2.00 bits per heavy atom. The van der Waals surface area contributed by atoms with Crippen molar-refractivity contribution < 1.29 is 13.2 Å². The zero-order valence-electron chi connectivity index (χ0n) is 8.55. The SMILES string of the molecule is FC(F)(F)Cn1c(C2CCCC2)n[nH]c1=S. The first-order valence-corrected chi connectivity index (χ1v) is 5.60. The van der Waals surface area contributed by atoms with Gasteiger partial charge >= 0.3 is 6.18 Å². The molecule has 1 fully saturated rings. The number of hydrogen-bond acceptors (Lipinski definition) is 2. The molecule has 0 spiro atoms. The third kappa shape index (κ3) is 2.45. The van der Waals surface area contributed by atoms with Crippen LogP contribution in [0.1, 0.15) is 37.4 Å². The zero-order chi connectivity index (χ0) is 11.8. The largest absolute Gasteiger partial charge is 0.406 e. The molecular weight excluding hydrogens is 239 g/mol. The lowest BCUT2D eigenvalue weighted by atomic mass is 10.1. The molecule has 0 radical (unpaired) electrons. The summed E-state index contributed by atoms with van der Waals surface area (Å²) < 4.78 is 38.2. The number of aromatic nitrogens is 3. The van der Waals surface area contributed by atoms with E-state index in [0.29, 0.717) is 5.82 Å². The van der Waals surface area contributed by atoms with Crippen molar-refractivity contribution in [2.24, 2.45) is 0 Å². The predicted octanol–water partition coefficient (Wildman–Crippen LogP) is 3.16. The van der Waals surface area contributed by atoms with E-state index in [0.717, 1.165) is 30.3 Å². The highest BCUT2D eigenvalue weighted by atomic mass is 32.1. The van der Waals surface area contributed by atoms with Gasteiger partial charge in [0.25, 0.3) is 0 Å². The Kier molecular flexibility index (Phi) is 3.05. The third-order valence-corrected chi connectivity index (χ3v) is 3.16. The Labute approximate surface area is 95.7 Å². The van der Waals surface area contributed by atoms with Crippen molar-refractivity contribution in [2.75, 3.05) is 0 Å². The van der Waals surface area contributed by atoms with E-state index in [1.54, 1.807) is 0 Å². The average Bonchev–Trinajstić information content (AvgIpc) is 2.75. The van der Waals surface area contributed by atoms with Crippen molar-refractivity contribution >= 4 is 12.2 Å². The zero-order valence-corrected chi connectivity index (χ0v) is 9.37. The molecule has 3 nitrogen and oxygen atoms in total. The van der Waals surface area contributed by atoms with Crippen LogP contribution in [0.5, 0.6) is 0 Å². The summed E-state index contributed by atoms with van der Waals surface area (Å²) in [5.74, 6) is 0.579. The van der Waals surface area contributed by atoms with Crippen LogP contribution in [0.25, 0.3) is 0 Å². The molecular formula is C9H12F3N3S. The third-order valence-electron chi connectivity index (χ3n) is 2.85. The Hall–Kier alpha value is -0.850. The molecule has 0 amide bonds. The lowest BCUT2D eigenvalue weighted by Crippen LogP contribution is -2.20. The highest BCUT2D eigenvalue weighted by Gasteiger charge is 2.32. The number of H-pyrrole nitrogens is 1. The van der Waals surface area contributed by atoms with Crippen LogP contribution in [0.4, 0.5) is 13.2 Å². The summed E-state index contributed by atoms with van der Waals surface area (Å²) in [6.07, 6.45) is -0.350. The van der Waals surface area contributed by atoms with Gasteiger partial charge in [-0.15, -0.1) is 0 Å². The van der Waals surface area contributed by atoms with E-state index in [4.69, 9.17) is 12.2 Å². The fraction of sp³-hybridized carbons (Fsp3) is 0.778. The van der Waals surface area contributed by atoms with Gasteiger partial charge in [0.1, 0.15) is 12.4 Å². The molecule has 1 saturated carbocycles. The monoisotopic (exact) mass is 251 g/mol. The van der Waals surface area contributed by atoms with Gasteiger partial charge in [-0.25, -0.2) is 0 Å². The molecule has 0 saturated heterocycles. The number of rotatable bonds is 2. The van der Waals surface area contributed by atoms with E-state index in [1.165, 1.54) is 0 Å². The van der Waals surface area contributed by atoms with E-state index in [2.05, 4.69) is 10.2 Å². The second-order valence-corrected chi connectivity index (χ2v) is 4.46. The number of hydrogen-bond donors (Lipinski definition) is 1. The van der Waals surface area contributed by atoms with Crippen molar-refractivity contribution in [2.45, 2.75) is 44.3 Å². The van der Waals surface area contributed by atoms with Crippen LogP contribution in [0.3, 0.4) is 0 Å². The second-order valence-electron chi connectivity index (χ2n) is 4.07. The van der Waals surface area contributed by atoms with Crippen molar-refractivity contribution in [3.8, 4) is 0 Å². The molecule has 1 heterocycles. The molecule has 1 aliphatic rings. The first kappa shape index (κ1) is 11.6. The van der Waals surface area contributed by atoms with E-state index < -0.39 is 12.7 Å². The van der Waals surface area contributed by atoms with Crippen LogP contribution < -0.4 is 0 Å². The Balaban J connectivity index is 2.28. The first-order chi connectivity index (χ1) is 7.47. The van der Waals surface area contributed by atoms with Crippen LogP contribution in [-0.4, -0.2) is 20.9 Å². The van der Waals surface area contributed by atoms with E-state index in [1.807, 2.05) is 0 Å². The summed E-state index contributed by atoms with van der Waals surface area (Å²) in [4.78, 5) is 0. The molecule has 2 rings (SSSR count). The summed E-state index contributed by atoms with van der Waals surface area (Å²) in [6, 6.07) is 0. The maximum absolute atomic E-state index is 12.4. The quantitative estimate of drug-likeness (QED) is 0.819. The van der Waals surface area contributed by atoms with Crippen molar-refractivity contribution in [1.29, 1.82) is 0 Å². The molecule has 7 heteroatoms. The average molecular weight is 251 g/mol. The van der Waals surface area contributed by atoms with Gasteiger partial charge < -0.3 is 0 Å². The van der Waals surface area contributed by atoms with Crippen molar-refractivity contribution in [3.05, 3.63) is 10.6 Å². The number of halogens is 3. The summed E-state index contributed by atoms with van der Waals surface area (Å²) in [7, 11) is 0. The van der Waals surface area contributed by atoms with Gasteiger partial charge in [0.2, 0.25) is 0 Å². The van der Waals surface area contributed by atoms with Gasteiger partial charge in [-0.3, -0.25) is 9.67 Å².